The molecule has 0 aromatic carbocycles. The molecular weight excluding hydrogens is 346 g/mol. The zero-order valence-electron chi connectivity index (χ0n) is 18.5. The Bertz CT molecular complexity index is 411. The summed E-state index contributed by atoms with van der Waals surface area (Å²) < 4.78 is 5.37. The third-order valence-electron chi connectivity index (χ3n) is 5.45. The average Bonchev–Trinajstić information content (AvgIpc) is 2.71. The lowest BCUT2D eigenvalue weighted by molar-refractivity contribution is -0.144. The normalized spacial score (nSPS) is 15.6. The Morgan fingerprint density at radius 2 is 1.46 bits per heavy atom. The van der Waals surface area contributed by atoms with Crippen LogP contribution in [0.15, 0.2) is 24.3 Å². The molecule has 0 N–H and O–H groups in total. The van der Waals surface area contributed by atoms with E-state index in [9.17, 15) is 4.79 Å². The molecule has 3 nitrogen and oxygen atoms in total. The molecule has 0 atom stereocenters. The van der Waals surface area contributed by atoms with Crippen molar-refractivity contribution in [3.8, 4) is 0 Å². The maximum atomic E-state index is 11.8. The number of likely N-dealkylation sites (tertiary alicyclic amines) is 1. The summed E-state index contributed by atoms with van der Waals surface area (Å²) in [7, 11) is 0. The largest absolute Gasteiger partial charge is 0.464 e. The highest BCUT2D eigenvalue weighted by atomic mass is 16.5. The summed E-state index contributed by atoms with van der Waals surface area (Å²) >= 11 is 0. The number of unbranched alkanes of at least 4 members (excludes halogenated alkanes) is 8. The third-order valence-corrected chi connectivity index (χ3v) is 5.45. The molecule has 0 spiro atoms. The van der Waals surface area contributed by atoms with E-state index in [0.29, 0.717) is 13.0 Å². The lowest BCUT2D eigenvalue weighted by Gasteiger charge is -2.25. The minimum atomic E-state index is -0.0114. The van der Waals surface area contributed by atoms with Crippen LogP contribution < -0.4 is 0 Å². The number of piperidine rings is 1. The van der Waals surface area contributed by atoms with E-state index < -0.39 is 0 Å². The van der Waals surface area contributed by atoms with Crippen LogP contribution in [0.4, 0.5) is 0 Å². The van der Waals surface area contributed by atoms with Crippen molar-refractivity contribution < 1.29 is 9.53 Å². The lowest BCUT2D eigenvalue weighted by atomic mass is 10.1. The van der Waals surface area contributed by atoms with E-state index in [1.807, 2.05) is 0 Å². The van der Waals surface area contributed by atoms with Gasteiger partial charge in [0.2, 0.25) is 0 Å². The summed E-state index contributed by atoms with van der Waals surface area (Å²) in [6, 6.07) is 0. The van der Waals surface area contributed by atoms with Gasteiger partial charge in [-0.15, -0.1) is 0 Å². The zero-order valence-corrected chi connectivity index (χ0v) is 18.5. The highest BCUT2D eigenvalue weighted by molar-refractivity contribution is 5.69. The van der Waals surface area contributed by atoms with E-state index >= 15 is 0 Å². The molecule has 0 radical (unpaired) electrons. The number of carbonyl (C=O) groups excluding carboxylic acids is 1. The van der Waals surface area contributed by atoms with Crippen molar-refractivity contribution in [1.29, 1.82) is 0 Å². The molecule has 0 amide bonds. The number of hydrogen-bond donors (Lipinski definition) is 0. The number of hydrogen-bond acceptors (Lipinski definition) is 3. The predicted octanol–water partition coefficient (Wildman–Crippen LogP) is 6.83. The lowest BCUT2D eigenvalue weighted by Crippen LogP contribution is -2.33. The van der Waals surface area contributed by atoms with Gasteiger partial charge >= 0.3 is 5.97 Å². The van der Waals surface area contributed by atoms with E-state index in [0.717, 1.165) is 25.8 Å². The van der Waals surface area contributed by atoms with Crippen molar-refractivity contribution >= 4 is 5.97 Å². The van der Waals surface area contributed by atoms with Gasteiger partial charge in [-0.25, -0.2) is 0 Å². The topological polar surface area (TPSA) is 29.5 Å². The number of esters is 1. The highest BCUT2D eigenvalue weighted by Crippen LogP contribution is 2.10. The van der Waals surface area contributed by atoms with Crippen LogP contribution in [0.25, 0.3) is 0 Å². The fraction of sp³-hybridized carbons (Fsp3) is 0.800. The van der Waals surface area contributed by atoms with Crippen LogP contribution in [0.5, 0.6) is 0 Å². The number of nitrogens with zero attached hydrogens (tertiary/aromatic N) is 1. The fourth-order valence-corrected chi connectivity index (χ4v) is 3.62. The van der Waals surface area contributed by atoms with Crippen LogP contribution in [-0.2, 0) is 9.53 Å². The molecule has 0 aromatic rings. The van der Waals surface area contributed by atoms with Crippen LogP contribution in [-0.4, -0.2) is 37.1 Å². The summed E-state index contributed by atoms with van der Waals surface area (Å²) in [5.41, 5.74) is 0. The number of allylic oxidation sites excluding steroid dienone is 4. The van der Waals surface area contributed by atoms with Gasteiger partial charge in [-0.1, -0.05) is 69.8 Å². The van der Waals surface area contributed by atoms with Crippen LogP contribution >= 0.6 is 0 Å². The second-order valence-electron chi connectivity index (χ2n) is 8.10. The molecular formula is C25H45NO2. The summed E-state index contributed by atoms with van der Waals surface area (Å²) in [5.74, 6) is -0.0114. The van der Waals surface area contributed by atoms with E-state index in [-0.39, 0.29) is 5.97 Å². The monoisotopic (exact) mass is 391 g/mol. The van der Waals surface area contributed by atoms with Crippen LogP contribution in [0.3, 0.4) is 0 Å². The van der Waals surface area contributed by atoms with Gasteiger partial charge in [-0.3, -0.25) is 9.69 Å². The number of ether oxygens (including phenoxy) is 1. The summed E-state index contributed by atoms with van der Waals surface area (Å²) in [6.07, 6.45) is 27.1. The fourth-order valence-electron chi connectivity index (χ4n) is 3.62. The van der Waals surface area contributed by atoms with Gasteiger partial charge in [-0.05, 0) is 64.5 Å². The molecule has 1 aliphatic heterocycles. The van der Waals surface area contributed by atoms with Crippen molar-refractivity contribution in [3.05, 3.63) is 24.3 Å². The van der Waals surface area contributed by atoms with Gasteiger partial charge in [0.25, 0.3) is 0 Å². The van der Waals surface area contributed by atoms with Gasteiger partial charge in [0.1, 0.15) is 6.61 Å². The molecule has 0 aliphatic carbocycles. The van der Waals surface area contributed by atoms with Crippen molar-refractivity contribution in [1.82, 2.24) is 4.90 Å². The van der Waals surface area contributed by atoms with Crippen molar-refractivity contribution in [3.63, 3.8) is 0 Å². The summed E-state index contributed by atoms with van der Waals surface area (Å²) in [5, 5.41) is 0. The van der Waals surface area contributed by atoms with E-state index in [1.165, 1.54) is 83.7 Å². The van der Waals surface area contributed by atoms with E-state index in [1.54, 1.807) is 0 Å². The minimum absolute atomic E-state index is 0.0114. The molecule has 1 rings (SSSR count). The molecule has 3 heteroatoms. The minimum Gasteiger partial charge on any atom is -0.464 e. The van der Waals surface area contributed by atoms with Gasteiger partial charge in [0.05, 0.1) is 0 Å². The summed E-state index contributed by atoms with van der Waals surface area (Å²) in [6.45, 7) is 6.07. The molecule has 0 unspecified atom stereocenters. The Labute approximate surface area is 174 Å². The molecule has 0 aromatic heterocycles. The highest BCUT2D eigenvalue weighted by Gasteiger charge is 2.10. The van der Waals surface area contributed by atoms with Crippen LogP contribution in [0.2, 0.25) is 0 Å². The second-order valence-corrected chi connectivity index (χ2v) is 8.10. The quantitative estimate of drug-likeness (QED) is 0.155. The maximum Gasteiger partial charge on any atom is 0.305 e. The third kappa shape index (κ3) is 15.9. The molecule has 0 saturated carbocycles. The van der Waals surface area contributed by atoms with Crippen LogP contribution in [0.1, 0.15) is 103 Å². The standard InChI is InChI=1S/C25H45NO2/c1-2-3-4-5-6-7-8-9-10-11-12-13-14-15-17-20-25(27)28-24-23-26-21-18-16-19-22-26/h6-7,9-10H,2-5,8,11-24H2,1H3/b7-6-,10-9+. The van der Waals surface area contributed by atoms with E-state index in [4.69, 9.17) is 4.74 Å². The Morgan fingerprint density at radius 1 is 0.821 bits per heavy atom. The van der Waals surface area contributed by atoms with Crippen molar-refractivity contribution in [2.24, 2.45) is 0 Å². The van der Waals surface area contributed by atoms with E-state index in [2.05, 4.69) is 36.1 Å². The molecule has 0 bridgehead atoms. The SMILES string of the molecule is CCCCC/C=C\C/C=C/CCCCCCCC(=O)OCCN1CCCCC1. The molecule has 1 fully saturated rings. The Kier molecular flexibility index (Phi) is 17.1. The molecule has 28 heavy (non-hydrogen) atoms. The van der Waals surface area contributed by atoms with Crippen molar-refractivity contribution in [2.45, 2.75) is 103 Å². The predicted molar refractivity (Wildman–Crippen MR) is 121 cm³/mol. The Morgan fingerprint density at radius 3 is 2.18 bits per heavy atom. The first-order valence-corrected chi connectivity index (χ1v) is 12.0. The van der Waals surface area contributed by atoms with Crippen molar-refractivity contribution in [2.75, 3.05) is 26.2 Å². The van der Waals surface area contributed by atoms with Gasteiger partial charge in [0, 0.05) is 13.0 Å². The molecule has 162 valence electrons. The first-order chi connectivity index (χ1) is 13.8. The second kappa shape index (κ2) is 19.2. The Balaban J connectivity index is 1.80. The van der Waals surface area contributed by atoms with Gasteiger partial charge < -0.3 is 4.74 Å². The molecule has 1 saturated heterocycles. The first kappa shape index (κ1) is 24.9. The Hall–Kier alpha value is -1.09. The van der Waals surface area contributed by atoms with Crippen LogP contribution in [0, 0.1) is 0 Å². The van der Waals surface area contributed by atoms with Gasteiger partial charge in [-0.2, -0.15) is 0 Å². The molecule has 1 heterocycles. The zero-order chi connectivity index (χ0) is 20.1. The first-order valence-electron chi connectivity index (χ1n) is 12.0. The van der Waals surface area contributed by atoms with Gasteiger partial charge in [0.15, 0.2) is 0 Å². The molecule has 1 aliphatic rings. The summed E-state index contributed by atoms with van der Waals surface area (Å²) in [4.78, 5) is 14.2. The maximum absolute atomic E-state index is 11.8. The number of rotatable bonds is 17. The smallest absolute Gasteiger partial charge is 0.305 e. The number of carbonyl (C=O) groups is 1. The average molecular weight is 392 g/mol.